The van der Waals surface area contributed by atoms with Crippen molar-refractivity contribution in [2.45, 2.75) is 114 Å². The van der Waals surface area contributed by atoms with E-state index in [0.29, 0.717) is 67.4 Å². The number of benzene rings is 2. The Labute approximate surface area is 552 Å². The van der Waals surface area contributed by atoms with Gasteiger partial charge in [-0.1, -0.05) is 24.3 Å². The number of halogens is 15. The molecule has 3 atom stereocenters. The molecule has 2 aromatic rings. The molecule has 0 saturated carbocycles. The van der Waals surface area contributed by atoms with Crippen molar-refractivity contribution in [3.05, 3.63) is 54.1 Å². The molecule has 99 heavy (non-hydrogen) atoms. The number of likely N-dealkylation sites (tertiary alicyclic amines) is 1. The molecule has 0 spiro atoms. The van der Waals surface area contributed by atoms with Crippen molar-refractivity contribution in [3.8, 4) is 0 Å². The first kappa shape index (κ1) is 89.8. The number of aliphatic imine (C=N–C) groups is 1. The number of piperidine rings is 1. The van der Waals surface area contributed by atoms with Gasteiger partial charge in [-0.2, -0.15) is 65.9 Å². The SMILES string of the molecule is CC(=O)N[C@@H](CCCN)C(=O)NC(=O)[C@H](C)NC(=O)[C@H](CCCN=C(N)N)NCCN1CCN(CCCC2CCN(CC(=O)N3c4ccccc4NC(=O)c4ccccc43)CC2)CC1.O=C(O)C(F)(F)F.O=C(O)C(F)(F)F.O=C(O)C(F)(F)F.O=C(O)C(F)(F)F.O=C(O)C(F)(F)F. The zero-order chi connectivity index (χ0) is 76.4. The average Bonchev–Trinajstić information content (AvgIpc) is 1.68. The van der Waals surface area contributed by atoms with Gasteiger partial charge in [0.25, 0.3) is 5.91 Å². The predicted molar refractivity (Wildman–Crippen MR) is 316 cm³/mol. The summed E-state index contributed by atoms with van der Waals surface area (Å²) >= 11 is 0. The quantitative estimate of drug-likeness (QED) is 0.0347. The number of nitrogens with one attached hydrogen (secondary N) is 5. The van der Waals surface area contributed by atoms with Gasteiger partial charge in [-0.25, -0.2) is 24.0 Å². The minimum Gasteiger partial charge on any atom is -0.475 e. The summed E-state index contributed by atoms with van der Waals surface area (Å²) in [5.41, 5.74) is 18.9. The molecule has 5 rings (SSSR count). The Balaban J connectivity index is 0.00000222. The lowest BCUT2D eigenvalue weighted by molar-refractivity contribution is -0.193. The normalized spacial score (nSPS) is 15.3. The van der Waals surface area contributed by atoms with Crippen LogP contribution in [0.3, 0.4) is 0 Å². The number of alkyl halides is 15. The summed E-state index contributed by atoms with van der Waals surface area (Å²) in [6, 6.07) is 12.2. The van der Waals surface area contributed by atoms with E-state index in [9.17, 15) is 94.6 Å². The van der Waals surface area contributed by atoms with Gasteiger partial charge in [0.1, 0.15) is 12.1 Å². The van der Waals surface area contributed by atoms with E-state index in [-0.39, 0.29) is 36.6 Å². The number of nitrogens with two attached hydrogens (primary N) is 3. The van der Waals surface area contributed by atoms with E-state index in [4.69, 9.17) is 66.7 Å². The Morgan fingerprint density at radius 2 is 1.01 bits per heavy atom. The predicted octanol–water partition coefficient (Wildman–Crippen LogP) is 3.60. The Bertz CT molecular complexity index is 2870. The van der Waals surface area contributed by atoms with Crippen LogP contribution in [0.25, 0.3) is 0 Å². The molecule has 2 fully saturated rings. The van der Waals surface area contributed by atoms with Gasteiger partial charge >= 0.3 is 60.7 Å². The van der Waals surface area contributed by atoms with Gasteiger partial charge in [-0.15, -0.1) is 0 Å². The number of carbonyl (C=O) groups excluding carboxylic acids is 6. The van der Waals surface area contributed by atoms with Crippen LogP contribution < -0.4 is 48.7 Å². The second-order valence-corrected chi connectivity index (χ2v) is 21.0. The van der Waals surface area contributed by atoms with Crippen LogP contribution in [0.15, 0.2) is 53.5 Å². The van der Waals surface area contributed by atoms with E-state index in [1.165, 1.54) is 13.8 Å². The number of amides is 6. The third kappa shape index (κ3) is 37.4. The Morgan fingerprint density at radius 3 is 1.45 bits per heavy atom. The number of carboxylic acids is 5. The lowest BCUT2D eigenvalue weighted by atomic mass is 9.92. The second kappa shape index (κ2) is 42.6. The molecule has 6 amide bonds. The van der Waals surface area contributed by atoms with Crippen LogP contribution in [0.2, 0.25) is 0 Å². The fourth-order valence-electron chi connectivity index (χ4n) is 8.52. The number of nitrogens with zero attached hydrogens (tertiary/aromatic N) is 5. The lowest BCUT2D eigenvalue weighted by Gasteiger charge is -2.36. The highest BCUT2D eigenvalue weighted by Gasteiger charge is 2.41. The summed E-state index contributed by atoms with van der Waals surface area (Å²) < 4.78 is 159. The Hall–Kier alpha value is -9.17. The van der Waals surface area contributed by atoms with Crippen LogP contribution in [0.4, 0.5) is 82.9 Å². The molecule has 3 aliphatic rings. The van der Waals surface area contributed by atoms with Gasteiger partial charge in [-0.3, -0.25) is 53.8 Å². The minimum absolute atomic E-state index is 0.0277. The van der Waals surface area contributed by atoms with E-state index in [1.807, 2.05) is 42.5 Å². The van der Waals surface area contributed by atoms with Gasteiger partial charge in [-0.05, 0) is 115 Å². The number of fused-ring (bicyclic) bond motifs is 2. The standard InChI is InChI=1S/C45H69N13O6.5C2HF3O2/c1-31(41(61)54-44(64)37(13-7-19-46)52-32(2)59)51-43(63)36(14-8-20-50-45(47)48)49-21-25-56-28-26-55(27-29-56)22-9-10-33-17-23-57(24-18-33)30-40(60)58-38-15-5-3-11-34(38)42(62)53-35-12-4-6-16-39(35)58;5*3-2(4,5)1(6)7/h3-6,11-12,15-16,31,33,36-37,49H,7-10,13-14,17-30,46H2,1-2H3,(H,51,63)(H,52,59)(H,53,62)(H4,47,48,50)(H,54,61,64);5*(H,6,7)/t31-,36-,37-;;;;;/m0...../s1. The molecular weight excluding hydrogens is 1380 g/mol. The van der Waals surface area contributed by atoms with Gasteiger partial charge in [0, 0.05) is 52.7 Å². The van der Waals surface area contributed by atoms with Crippen molar-refractivity contribution in [1.29, 1.82) is 0 Å². The number of carbonyl (C=O) groups is 11. The maximum absolute atomic E-state index is 13.9. The zero-order valence-corrected chi connectivity index (χ0v) is 52.4. The maximum atomic E-state index is 13.9. The largest absolute Gasteiger partial charge is 0.490 e. The molecule has 0 aliphatic carbocycles. The highest BCUT2D eigenvalue weighted by atomic mass is 19.4. The molecular formula is C55H74F15N13O16. The number of piperazine rings is 1. The van der Waals surface area contributed by atoms with Crippen molar-refractivity contribution < 1.29 is 144 Å². The Morgan fingerprint density at radius 1 is 0.576 bits per heavy atom. The number of para-hydroxylation sites is 3. The van der Waals surface area contributed by atoms with Crippen LogP contribution in [0.5, 0.6) is 0 Å². The molecule has 16 N–H and O–H groups in total. The summed E-state index contributed by atoms with van der Waals surface area (Å²) in [5.74, 6) is -15.6. The van der Waals surface area contributed by atoms with Crippen molar-refractivity contribution in [3.63, 3.8) is 0 Å². The lowest BCUT2D eigenvalue weighted by Crippen LogP contribution is -2.55. The van der Waals surface area contributed by atoms with E-state index in [2.05, 4.69) is 46.3 Å². The van der Waals surface area contributed by atoms with Gasteiger partial charge in [0.2, 0.25) is 29.5 Å². The number of rotatable bonds is 22. The number of carboxylic acid groups (broad SMARTS) is 5. The van der Waals surface area contributed by atoms with Crippen molar-refractivity contribution in [2.24, 2.45) is 28.1 Å². The van der Waals surface area contributed by atoms with Crippen LogP contribution >= 0.6 is 0 Å². The fourth-order valence-corrected chi connectivity index (χ4v) is 8.52. The minimum atomic E-state index is -5.08. The first-order valence-electron chi connectivity index (χ1n) is 29.0. The second-order valence-electron chi connectivity index (χ2n) is 21.0. The first-order chi connectivity index (χ1) is 45.5. The van der Waals surface area contributed by atoms with Gasteiger partial charge in [0.05, 0.1) is 35.2 Å². The molecule has 2 saturated heterocycles. The molecule has 560 valence electrons. The van der Waals surface area contributed by atoms with Crippen molar-refractivity contribution in [2.75, 3.05) is 88.8 Å². The summed E-state index contributed by atoms with van der Waals surface area (Å²) in [7, 11) is 0. The number of anilines is 3. The van der Waals surface area contributed by atoms with Gasteiger partial charge in [0.15, 0.2) is 5.96 Å². The molecule has 0 unspecified atom stereocenters. The Kier molecular flexibility index (Phi) is 38.7. The van der Waals surface area contributed by atoms with Crippen LogP contribution in [0, 0.1) is 5.92 Å². The zero-order valence-electron chi connectivity index (χ0n) is 52.4. The highest BCUT2D eigenvalue weighted by molar-refractivity contribution is 6.18. The van der Waals surface area contributed by atoms with Crippen LogP contribution in [-0.2, 0) is 47.9 Å². The van der Waals surface area contributed by atoms with E-state index < -0.39 is 96.6 Å². The van der Waals surface area contributed by atoms with Crippen LogP contribution in [0.1, 0.15) is 75.6 Å². The smallest absolute Gasteiger partial charge is 0.475 e. The number of imide groups is 1. The number of guanidine groups is 1. The monoisotopic (exact) mass is 1460 g/mol. The maximum Gasteiger partial charge on any atom is 0.490 e. The summed E-state index contributed by atoms with van der Waals surface area (Å²) in [4.78, 5) is 135. The summed E-state index contributed by atoms with van der Waals surface area (Å²) in [6.07, 6.45) is -19.3. The molecule has 0 bridgehead atoms. The van der Waals surface area contributed by atoms with E-state index >= 15 is 0 Å². The highest BCUT2D eigenvalue weighted by Crippen LogP contribution is 2.38. The van der Waals surface area contributed by atoms with Crippen molar-refractivity contribution in [1.82, 2.24) is 36.0 Å². The fraction of sp³-hybridized carbons (Fsp3) is 0.564. The summed E-state index contributed by atoms with van der Waals surface area (Å²) in [5, 5.41) is 49.5. The van der Waals surface area contributed by atoms with Gasteiger partial charge < -0.3 is 68.9 Å². The third-order valence-electron chi connectivity index (χ3n) is 13.3. The van der Waals surface area contributed by atoms with Crippen LogP contribution in [-0.4, -0.2) is 239 Å². The topological polar surface area (TPSA) is 452 Å². The molecule has 0 radical (unpaired) electrons. The molecule has 2 aromatic carbocycles. The summed E-state index contributed by atoms with van der Waals surface area (Å²) in [6.45, 7) is 11.6. The molecule has 3 aliphatic heterocycles. The first-order valence-corrected chi connectivity index (χ1v) is 29.0. The third-order valence-corrected chi connectivity index (χ3v) is 13.3. The molecule has 29 nitrogen and oxygen atoms in total. The van der Waals surface area contributed by atoms with Crippen molar-refractivity contribution >= 4 is 88.3 Å². The molecule has 3 heterocycles. The molecule has 0 aromatic heterocycles. The van der Waals surface area contributed by atoms with E-state index in [1.54, 1.807) is 11.0 Å². The number of aliphatic carboxylic acids is 5. The molecule has 44 heteroatoms. The average molecular weight is 1460 g/mol. The van der Waals surface area contributed by atoms with E-state index in [0.717, 1.165) is 78.0 Å². The number of hydrogen-bond donors (Lipinski definition) is 13. The number of hydrogen-bond acceptors (Lipinski definition) is 17.